The van der Waals surface area contributed by atoms with Gasteiger partial charge in [-0.3, -0.25) is 14.5 Å². The minimum atomic E-state index is -0.857. The van der Waals surface area contributed by atoms with Crippen LogP contribution in [0.25, 0.3) is 0 Å². The maximum Gasteiger partial charge on any atom is 0.303 e. The van der Waals surface area contributed by atoms with Crippen LogP contribution < -0.4 is 5.32 Å². The van der Waals surface area contributed by atoms with Gasteiger partial charge in [-0.25, -0.2) is 0 Å². The van der Waals surface area contributed by atoms with Crippen molar-refractivity contribution in [1.82, 2.24) is 10.2 Å². The molecule has 0 aromatic carbocycles. The summed E-state index contributed by atoms with van der Waals surface area (Å²) >= 11 is 0. The van der Waals surface area contributed by atoms with Crippen molar-refractivity contribution in [1.29, 1.82) is 0 Å². The van der Waals surface area contributed by atoms with E-state index in [9.17, 15) is 9.59 Å². The van der Waals surface area contributed by atoms with Crippen LogP contribution in [0.15, 0.2) is 0 Å². The predicted molar refractivity (Wildman–Crippen MR) is 60.1 cm³/mol. The maximum atomic E-state index is 11.8. The largest absolute Gasteiger partial charge is 0.481 e. The first kappa shape index (κ1) is 13.0. The number of hydrogen-bond donors (Lipinski definition) is 2. The van der Waals surface area contributed by atoms with Crippen LogP contribution >= 0.6 is 0 Å². The molecule has 0 spiro atoms. The summed E-state index contributed by atoms with van der Waals surface area (Å²) in [5.41, 5.74) is 0.0301. The topological polar surface area (TPSA) is 69.6 Å². The molecule has 5 heteroatoms. The van der Waals surface area contributed by atoms with Crippen LogP contribution in [0.2, 0.25) is 0 Å². The molecule has 1 fully saturated rings. The van der Waals surface area contributed by atoms with Crippen molar-refractivity contribution >= 4 is 11.9 Å². The van der Waals surface area contributed by atoms with Crippen LogP contribution in [0, 0.1) is 5.41 Å². The first-order valence-corrected chi connectivity index (χ1v) is 5.51. The average molecular weight is 228 g/mol. The molecule has 1 unspecified atom stereocenters. The summed E-state index contributed by atoms with van der Waals surface area (Å²) in [6, 6.07) is -0.321. The molecular weight excluding hydrogens is 208 g/mol. The lowest BCUT2D eigenvalue weighted by molar-refractivity contribution is -0.137. The summed E-state index contributed by atoms with van der Waals surface area (Å²) in [4.78, 5) is 24.2. The Labute approximate surface area is 95.8 Å². The molecule has 0 bridgehead atoms. The molecule has 0 aromatic heterocycles. The first-order valence-electron chi connectivity index (χ1n) is 5.51. The van der Waals surface area contributed by atoms with E-state index in [1.807, 2.05) is 11.9 Å². The number of amides is 1. The number of carboxylic acid groups (broad SMARTS) is 1. The highest BCUT2D eigenvalue weighted by Gasteiger charge is 2.33. The van der Waals surface area contributed by atoms with Gasteiger partial charge in [0.15, 0.2) is 0 Å². The summed E-state index contributed by atoms with van der Waals surface area (Å²) < 4.78 is 0. The molecule has 2 N–H and O–H groups in total. The Kier molecular flexibility index (Phi) is 3.91. The second kappa shape index (κ2) is 4.82. The van der Waals surface area contributed by atoms with Crippen molar-refractivity contribution in [2.24, 2.45) is 5.41 Å². The SMILES string of the molecule is CN1CC(C)(C)CNC(=O)C1CCC(=O)O. The highest BCUT2D eigenvalue weighted by Crippen LogP contribution is 2.21. The van der Waals surface area contributed by atoms with Crippen molar-refractivity contribution < 1.29 is 14.7 Å². The Balaban J connectivity index is 2.67. The van der Waals surface area contributed by atoms with Gasteiger partial charge in [-0.1, -0.05) is 13.8 Å². The van der Waals surface area contributed by atoms with Gasteiger partial charge in [0, 0.05) is 19.5 Å². The third-order valence-corrected chi connectivity index (χ3v) is 2.88. The monoisotopic (exact) mass is 228 g/mol. The Morgan fingerprint density at radius 2 is 2.25 bits per heavy atom. The minimum absolute atomic E-state index is 0.0301. The number of carboxylic acids is 1. The molecule has 5 nitrogen and oxygen atoms in total. The van der Waals surface area contributed by atoms with Crippen molar-refractivity contribution in [2.45, 2.75) is 32.7 Å². The summed E-state index contributed by atoms with van der Waals surface area (Å²) in [5, 5.41) is 11.5. The first-order chi connectivity index (χ1) is 7.32. The fourth-order valence-electron chi connectivity index (χ4n) is 2.10. The standard InChI is InChI=1S/C11H20N2O3/c1-11(2)6-12-10(16)8(13(3)7-11)4-5-9(14)15/h8H,4-7H2,1-3H3,(H,12,16)(H,14,15). The van der Waals surface area contributed by atoms with E-state index in [-0.39, 0.29) is 23.8 Å². The molecule has 0 aliphatic carbocycles. The Bertz CT molecular complexity index is 289. The van der Waals surface area contributed by atoms with E-state index >= 15 is 0 Å². The van der Waals surface area contributed by atoms with E-state index in [0.717, 1.165) is 6.54 Å². The molecule has 92 valence electrons. The van der Waals surface area contributed by atoms with Gasteiger partial charge < -0.3 is 10.4 Å². The number of nitrogens with zero attached hydrogens (tertiary/aromatic N) is 1. The van der Waals surface area contributed by atoms with E-state index < -0.39 is 5.97 Å². The molecule has 1 saturated heterocycles. The van der Waals surface area contributed by atoms with E-state index in [0.29, 0.717) is 13.0 Å². The molecule has 1 heterocycles. The third-order valence-electron chi connectivity index (χ3n) is 2.88. The summed E-state index contributed by atoms with van der Waals surface area (Å²) in [7, 11) is 1.87. The van der Waals surface area contributed by atoms with Gasteiger partial charge in [-0.2, -0.15) is 0 Å². The zero-order chi connectivity index (χ0) is 12.3. The van der Waals surface area contributed by atoms with E-state index in [2.05, 4.69) is 19.2 Å². The third kappa shape index (κ3) is 3.48. The Hall–Kier alpha value is -1.10. The van der Waals surface area contributed by atoms with Crippen LogP contribution in [0.1, 0.15) is 26.7 Å². The molecule has 1 atom stereocenters. The van der Waals surface area contributed by atoms with Gasteiger partial charge in [0.05, 0.1) is 6.04 Å². The van der Waals surface area contributed by atoms with Gasteiger partial charge in [0.25, 0.3) is 0 Å². The summed E-state index contributed by atoms with van der Waals surface area (Å²) in [6.45, 7) is 5.60. The minimum Gasteiger partial charge on any atom is -0.481 e. The quantitative estimate of drug-likeness (QED) is 0.729. The van der Waals surface area contributed by atoms with E-state index in [1.165, 1.54) is 0 Å². The second-order valence-electron chi connectivity index (χ2n) is 5.25. The van der Waals surface area contributed by atoms with Crippen LogP contribution in [-0.2, 0) is 9.59 Å². The zero-order valence-electron chi connectivity index (χ0n) is 10.1. The van der Waals surface area contributed by atoms with Crippen LogP contribution in [0.5, 0.6) is 0 Å². The number of aliphatic carboxylic acids is 1. The van der Waals surface area contributed by atoms with Gasteiger partial charge in [0.1, 0.15) is 0 Å². The Morgan fingerprint density at radius 1 is 1.62 bits per heavy atom. The zero-order valence-corrected chi connectivity index (χ0v) is 10.1. The normalized spacial score (nSPS) is 25.9. The Morgan fingerprint density at radius 3 is 2.81 bits per heavy atom. The average Bonchev–Trinajstić information content (AvgIpc) is 2.21. The molecule has 0 saturated carbocycles. The summed E-state index contributed by atoms with van der Waals surface area (Å²) in [6.07, 6.45) is 0.399. The fraction of sp³-hybridized carbons (Fsp3) is 0.818. The van der Waals surface area contributed by atoms with Crippen LogP contribution in [0.4, 0.5) is 0 Å². The molecule has 0 aromatic rings. The molecule has 1 aliphatic heterocycles. The lowest BCUT2D eigenvalue weighted by Gasteiger charge is -2.28. The second-order valence-corrected chi connectivity index (χ2v) is 5.25. The summed E-state index contributed by atoms with van der Waals surface area (Å²) in [5.74, 6) is -0.918. The molecule has 1 amide bonds. The predicted octanol–water partition coefficient (Wildman–Crippen LogP) is 0.308. The number of carbonyl (C=O) groups is 2. The van der Waals surface area contributed by atoms with Gasteiger partial charge in [0.2, 0.25) is 5.91 Å². The van der Waals surface area contributed by atoms with Gasteiger partial charge in [-0.05, 0) is 18.9 Å². The fourth-order valence-corrected chi connectivity index (χ4v) is 2.10. The van der Waals surface area contributed by atoms with Gasteiger partial charge in [-0.15, -0.1) is 0 Å². The highest BCUT2D eigenvalue weighted by atomic mass is 16.4. The lowest BCUT2D eigenvalue weighted by Crippen LogP contribution is -2.42. The van der Waals surface area contributed by atoms with Crippen LogP contribution in [-0.4, -0.2) is 48.1 Å². The number of nitrogens with one attached hydrogen (secondary N) is 1. The number of likely N-dealkylation sites (N-methyl/N-ethyl adjacent to an activating group) is 1. The van der Waals surface area contributed by atoms with Crippen molar-refractivity contribution in [3.63, 3.8) is 0 Å². The van der Waals surface area contributed by atoms with Crippen molar-refractivity contribution in [2.75, 3.05) is 20.1 Å². The molecular formula is C11H20N2O3. The van der Waals surface area contributed by atoms with Gasteiger partial charge >= 0.3 is 5.97 Å². The lowest BCUT2D eigenvalue weighted by atomic mass is 9.93. The van der Waals surface area contributed by atoms with E-state index in [4.69, 9.17) is 5.11 Å². The molecule has 16 heavy (non-hydrogen) atoms. The smallest absolute Gasteiger partial charge is 0.303 e. The van der Waals surface area contributed by atoms with Crippen molar-refractivity contribution in [3.05, 3.63) is 0 Å². The number of carbonyl (C=O) groups excluding carboxylic acids is 1. The van der Waals surface area contributed by atoms with Crippen molar-refractivity contribution in [3.8, 4) is 0 Å². The molecule has 1 rings (SSSR count). The number of rotatable bonds is 3. The highest BCUT2D eigenvalue weighted by molar-refractivity contribution is 5.82. The number of hydrogen-bond acceptors (Lipinski definition) is 3. The molecule has 0 radical (unpaired) electrons. The molecule has 1 aliphatic rings. The van der Waals surface area contributed by atoms with Crippen LogP contribution in [0.3, 0.4) is 0 Å². The van der Waals surface area contributed by atoms with E-state index in [1.54, 1.807) is 0 Å². The maximum absolute atomic E-state index is 11.8.